The van der Waals surface area contributed by atoms with Crippen molar-refractivity contribution in [3.05, 3.63) is 71.6 Å². The van der Waals surface area contributed by atoms with Crippen molar-refractivity contribution in [3.63, 3.8) is 0 Å². The van der Waals surface area contributed by atoms with Crippen molar-refractivity contribution in [2.24, 2.45) is 5.92 Å². The standard InChI is InChI=1S/C43H47FN12O6S/c1-24(2)56-35-19-37(48-36-7-12-45-39(49-36)27-20-47-54(23-27)63(61,62)28-3-4-28)46-21-32(35)40(51-56)53-15-8-25(9-16-53)22-52-13-10-26(11-14-52)29-17-30-31(18-33(29)44)43(60)55(42(30)59)34-5-6-38(57)50-41(34)58/h7,12,17-21,23-26,28,34H,3-6,8-11,13-16,22H2,1-2H3,(H,50,57,58)(H,45,46,48,49). The highest BCUT2D eigenvalue weighted by Crippen LogP contribution is 2.37. The highest BCUT2D eigenvalue weighted by molar-refractivity contribution is 7.90. The molecule has 1 unspecified atom stereocenters. The van der Waals surface area contributed by atoms with Gasteiger partial charge in [0.05, 0.1) is 45.2 Å². The summed E-state index contributed by atoms with van der Waals surface area (Å²) >= 11 is 0. The highest BCUT2D eigenvalue weighted by atomic mass is 32.2. The molecule has 0 bridgehead atoms. The smallest absolute Gasteiger partial charge is 0.262 e. The molecule has 4 aliphatic heterocycles. The Hall–Kier alpha value is -6.15. The van der Waals surface area contributed by atoms with Crippen LogP contribution in [0.25, 0.3) is 22.3 Å². The van der Waals surface area contributed by atoms with Gasteiger partial charge in [0.1, 0.15) is 23.5 Å². The maximum Gasteiger partial charge on any atom is 0.262 e. The second-order valence-corrected chi connectivity index (χ2v) is 19.6. The van der Waals surface area contributed by atoms with Crippen molar-refractivity contribution >= 4 is 62.0 Å². The number of anilines is 3. The molecular formula is C43H47FN12O6S. The van der Waals surface area contributed by atoms with Crippen molar-refractivity contribution in [2.75, 3.05) is 42.9 Å². The molecule has 5 aromatic rings. The summed E-state index contributed by atoms with van der Waals surface area (Å²) in [7, 11) is -3.51. The van der Waals surface area contributed by atoms with Gasteiger partial charge < -0.3 is 15.1 Å². The number of aromatic nitrogens is 7. The van der Waals surface area contributed by atoms with Gasteiger partial charge in [-0.2, -0.15) is 14.3 Å². The average Bonchev–Trinajstić information content (AvgIpc) is 3.82. The number of nitrogens with zero attached hydrogens (tertiary/aromatic N) is 10. The van der Waals surface area contributed by atoms with Gasteiger partial charge in [-0.25, -0.2) is 27.8 Å². The Morgan fingerprint density at radius 3 is 2.35 bits per heavy atom. The summed E-state index contributed by atoms with van der Waals surface area (Å²) in [6.45, 7) is 8.38. The summed E-state index contributed by atoms with van der Waals surface area (Å²) in [6, 6.07) is 5.32. The minimum atomic E-state index is -3.51. The van der Waals surface area contributed by atoms with Crippen molar-refractivity contribution in [1.29, 1.82) is 0 Å². The summed E-state index contributed by atoms with van der Waals surface area (Å²) < 4.78 is 43.9. The van der Waals surface area contributed by atoms with Gasteiger partial charge in [0.25, 0.3) is 21.8 Å². The second-order valence-electron chi connectivity index (χ2n) is 17.6. The van der Waals surface area contributed by atoms with Crippen LogP contribution >= 0.6 is 0 Å². The molecule has 8 heterocycles. The van der Waals surface area contributed by atoms with E-state index < -0.39 is 45.5 Å². The molecule has 1 saturated carbocycles. The van der Waals surface area contributed by atoms with Crippen LogP contribution in [0.3, 0.4) is 0 Å². The Kier molecular flexibility index (Phi) is 10.3. The van der Waals surface area contributed by atoms with Gasteiger partial charge in [-0.15, -0.1) is 0 Å². The zero-order chi connectivity index (χ0) is 43.7. The topological polar surface area (TPSA) is 211 Å². The molecule has 4 amide bonds. The molecule has 328 valence electrons. The lowest BCUT2D eigenvalue weighted by Gasteiger charge is -2.38. The number of halogens is 1. The fourth-order valence-electron chi connectivity index (χ4n) is 9.43. The number of imide groups is 2. The molecule has 63 heavy (non-hydrogen) atoms. The van der Waals surface area contributed by atoms with Crippen LogP contribution in [0.1, 0.15) is 103 Å². The van der Waals surface area contributed by atoms with Crippen LogP contribution in [0.4, 0.5) is 21.8 Å². The zero-order valence-corrected chi connectivity index (χ0v) is 35.7. The number of nitrogens with one attached hydrogen (secondary N) is 2. The SMILES string of the molecule is CC(C)n1nc(N2CCC(CN3CCC(c4cc5c(cc4F)C(=O)N(C4CCC(=O)NC4=O)C5=O)CC3)CC2)c2cnc(Nc3ccnc(-c4cnn(S(=O)(=O)C5CC5)c4)n3)cc21. The molecule has 4 fully saturated rings. The molecule has 1 atom stereocenters. The minimum absolute atomic E-state index is 0.0191. The number of fused-ring (bicyclic) bond motifs is 2. The van der Waals surface area contributed by atoms with Gasteiger partial charge >= 0.3 is 0 Å². The number of rotatable bonds is 11. The number of hydrogen-bond acceptors (Lipinski definition) is 14. The van der Waals surface area contributed by atoms with E-state index in [0.29, 0.717) is 60.2 Å². The molecule has 1 aliphatic carbocycles. The lowest BCUT2D eigenvalue weighted by atomic mass is 9.86. The molecule has 2 N–H and O–H groups in total. The third kappa shape index (κ3) is 7.61. The van der Waals surface area contributed by atoms with Crippen LogP contribution in [-0.2, 0) is 19.6 Å². The van der Waals surface area contributed by atoms with Crippen molar-refractivity contribution in [2.45, 2.75) is 88.5 Å². The number of benzene rings is 1. The van der Waals surface area contributed by atoms with Gasteiger partial charge in [0, 0.05) is 50.6 Å². The van der Waals surface area contributed by atoms with Gasteiger partial charge in [0.2, 0.25) is 11.8 Å². The summed E-state index contributed by atoms with van der Waals surface area (Å²) in [4.78, 5) is 70.1. The Morgan fingerprint density at radius 1 is 0.889 bits per heavy atom. The number of hydrogen-bond donors (Lipinski definition) is 2. The Bertz CT molecular complexity index is 2790. The molecular weight excluding hydrogens is 832 g/mol. The first-order valence-electron chi connectivity index (χ1n) is 21.6. The van der Waals surface area contributed by atoms with Crippen molar-refractivity contribution < 1.29 is 32.0 Å². The largest absolute Gasteiger partial charge is 0.355 e. The van der Waals surface area contributed by atoms with E-state index >= 15 is 4.39 Å². The molecule has 0 radical (unpaired) electrons. The predicted octanol–water partition coefficient (Wildman–Crippen LogP) is 4.39. The van der Waals surface area contributed by atoms with Crippen LogP contribution in [0.5, 0.6) is 0 Å². The average molecular weight is 879 g/mol. The van der Waals surface area contributed by atoms with Crippen LogP contribution in [0.15, 0.2) is 49.1 Å². The number of piperidine rings is 3. The summed E-state index contributed by atoms with van der Waals surface area (Å²) in [5.74, 6) is -0.309. The normalized spacial score (nSPS) is 20.6. The number of pyridine rings is 1. The van der Waals surface area contributed by atoms with E-state index in [1.54, 1.807) is 12.3 Å². The van der Waals surface area contributed by atoms with E-state index in [4.69, 9.17) is 10.1 Å². The molecule has 4 aromatic heterocycles. The fraction of sp³-hybridized carbons (Fsp3) is 0.465. The Balaban J connectivity index is 0.755. The van der Waals surface area contributed by atoms with Crippen LogP contribution < -0.4 is 15.5 Å². The quantitative estimate of drug-likeness (QED) is 0.177. The minimum Gasteiger partial charge on any atom is -0.355 e. The Labute approximate surface area is 362 Å². The first-order chi connectivity index (χ1) is 30.3. The van der Waals surface area contributed by atoms with Gasteiger partial charge in [-0.05, 0) is 107 Å². The summed E-state index contributed by atoms with van der Waals surface area (Å²) in [5, 5.41) is 15.2. The Morgan fingerprint density at radius 2 is 1.63 bits per heavy atom. The predicted molar refractivity (Wildman–Crippen MR) is 228 cm³/mol. The summed E-state index contributed by atoms with van der Waals surface area (Å²) in [5.41, 5.74) is 1.92. The van der Waals surface area contributed by atoms with E-state index in [-0.39, 0.29) is 41.2 Å². The van der Waals surface area contributed by atoms with Gasteiger partial charge in [-0.3, -0.25) is 34.1 Å². The summed E-state index contributed by atoms with van der Waals surface area (Å²) in [6.07, 6.45) is 11.1. The van der Waals surface area contributed by atoms with Gasteiger partial charge in [0.15, 0.2) is 11.6 Å². The van der Waals surface area contributed by atoms with E-state index in [1.165, 1.54) is 18.5 Å². The molecule has 1 aromatic carbocycles. The molecule has 20 heteroatoms. The zero-order valence-electron chi connectivity index (χ0n) is 34.9. The maximum atomic E-state index is 15.6. The number of likely N-dealkylation sites (tertiary alicyclic amines) is 1. The van der Waals surface area contributed by atoms with Crippen LogP contribution in [-0.4, -0.2) is 120 Å². The fourth-order valence-corrected chi connectivity index (χ4v) is 10.9. The highest BCUT2D eigenvalue weighted by Gasteiger charge is 2.45. The van der Waals surface area contributed by atoms with E-state index in [9.17, 15) is 27.6 Å². The number of amides is 4. The van der Waals surface area contributed by atoms with Crippen molar-refractivity contribution in [3.8, 4) is 11.4 Å². The third-order valence-corrected chi connectivity index (χ3v) is 15.0. The first kappa shape index (κ1) is 40.9. The van der Waals surface area contributed by atoms with E-state index in [1.807, 2.05) is 16.9 Å². The number of carbonyl (C=O) groups is 4. The van der Waals surface area contributed by atoms with E-state index in [0.717, 1.165) is 77.3 Å². The molecule has 5 aliphatic rings. The third-order valence-electron chi connectivity index (χ3n) is 13.0. The van der Waals surface area contributed by atoms with Crippen LogP contribution in [0.2, 0.25) is 0 Å². The second kappa shape index (κ2) is 15.9. The molecule has 10 rings (SSSR count). The van der Waals surface area contributed by atoms with Crippen molar-refractivity contribution in [1.82, 2.24) is 49.0 Å². The molecule has 18 nitrogen and oxygen atoms in total. The number of carbonyl (C=O) groups excluding carboxylic acids is 4. The monoisotopic (exact) mass is 878 g/mol. The first-order valence-corrected chi connectivity index (χ1v) is 23.1. The van der Waals surface area contributed by atoms with Gasteiger partial charge in [-0.1, -0.05) is 0 Å². The van der Waals surface area contributed by atoms with Crippen LogP contribution in [0, 0.1) is 11.7 Å². The molecule has 0 spiro atoms. The molecule has 3 saturated heterocycles. The van der Waals surface area contributed by atoms with E-state index in [2.05, 4.69) is 49.3 Å². The lowest BCUT2D eigenvalue weighted by Crippen LogP contribution is -2.54. The lowest BCUT2D eigenvalue weighted by molar-refractivity contribution is -0.136. The maximum absolute atomic E-state index is 15.6.